The summed E-state index contributed by atoms with van der Waals surface area (Å²) in [4.78, 5) is 0. The lowest BCUT2D eigenvalue weighted by Crippen LogP contribution is -2.09. The van der Waals surface area contributed by atoms with E-state index in [0.717, 1.165) is 22.4 Å². The van der Waals surface area contributed by atoms with E-state index in [9.17, 15) is 5.11 Å². The van der Waals surface area contributed by atoms with E-state index < -0.39 is 0 Å². The Bertz CT molecular complexity index is 383. The van der Waals surface area contributed by atoms with Crippen molar-refractivity contribution >= 4 is 15.9 Å². The van der Waals surface area contributed by atoms with E-state index in [2.05, 4.69) is 35.0 Å². The zero-order valence-corrected chi connectivity index (χ0v) is 12.7. The molecule has 1 aromatic carbocycles. The summed E-state index contributed by atoms with van der Waals surface area (Å²) < 4.78 is 1.06. The van der Waals surface area contributed by atoms with Crippen LogP contribution >= 0.6 is 15.9 Å². The van der Waals surface area contributed by atoms with Crippen LogP contribution in [0.25, 0.3) is 0 Å². The maximum absolute atomic E-state index is 10.3. The number of hydrogen-bond donors (Lipinski definition) is 1. The van der Waals surface area contributed by atoms with E-state index in [4.69, 9.17) is 0 Å². The molecule has 2 rings (SSSR count). The SMILES string of the molecule is Cc1ccc(Br)cc1C(O)CCC1CCCCC1. The summed E-state index contributed by atoms with van der Waals surface area (Å²) in [5.41, 5.74) is 2.27. The van der Waals surface area contributed by atoms with E-state index in [-0.39, 0.29) is 6.10 Å². The third kappa shape index (κ3) is 3.83. The van der Waals surface area contributed by atoms with Gasteiger partial charge >= 0.3 is 0 Å². The fourth-order valence-electron chi connectivity index (χ4n) is 3.00. The van der Waals surface area contributed by atoms with Gasteiger partial charge in [0.1, 0.15) is 0 Å². The first-order chi connectivity index (χ1) is 8.66. The number of halogens is 1. The van der Waals surface area contributed by atoms with Crippen molar-refractivity contribution in [2.45, 2.75) is 58.0 Å². The largest absolute Gasteiger partial charge is 0.388 e. The Morgan fingerprint density at radius 1 is 1.28 bits per heavy atom. The van der Waals surface area contributed by atoms with Gasteiger partial charge in [-0.15, -0.1) is 0 Å². The minimum absolute atomic E-state index is 0.301. The molecular formula is C16H23BrO. The molecule has 1 unspecified atom stereocenters. The van der Waals surface area contributed by atoms with Crippen LogP contribution in [0, 0.1) is 12.8 Å². The fourth-order valence-corrected chi connectivity index (χ4v) is 3.37. The Labute approximate surface area is 119 Å². The van der Waals surface area contributed by atoms with Crippen molar-refractivity contribution in [3.05, 3.63) is 33.8 Å². The van der Waals surface area contributed by atoms with Crippen LogP contribution in [0.5, 0.6) is 0 Å². The molecule has 1 nitrogen and oxygen atoms in total. The summed E-state index contributed by atoms with van der Waals surface area (Å²) in [5, 5.41) is 10.3. The first-order valence-corrected chi connectivity index (χ1v) is 7.90. The van der Waals surface area contributed by atoms with Crippen LogP contribution in [0.4, 0.5) is 0 Å². The smallest absolute Gasteiger partial charge is 0.0793 e. The molecule has 100 valence electrons. The number of hydrogen-bond acceptors (Lipinski definition) is 1. The Morgan fingerprint density at radius 3 is 2.72 bits per heavy atom. The summed E-state index contributed by atoms with van der Waals surface area (Å²) >= 11 is 3.48. The Hall–Kier alpha value is -0.340. The van der Waals surface area contributed by atoms with Crippen LogP contribution in [0.15, 0.2) is 22.7 Å². The van der Waals surface area contributed by atoms with E-state index in [1.807, 2.05) is 6.07 Å². The maximum atomic E-state index is 10.3. The highest BCUT2D eigenvalue weighted by molar-refractivity contribution is 9.10. The Balaban J connectivity index is 1.90. The van der Waals surface area contributed by atoms with Crippen LogP contribution in [-0.4, -0.2) is 5.11 Å². The van der Waals surface area contributed by atoms with Crippen molar-refractivity contribution in [3.63, 3.8) is 0 Å². The third-order valence-corrected chi connectivity index (χ3v) is 4.67. The lowest BCUT2D eigenvalue weighted by molar-refractivity contribution is 0.150. The van der Waals surface area contributed by atoms with Crippen LogP contribution < -0.4 is 0 Å². The first kappa shape index (κ1) is 14.1. The summed E-state index contributed by atoms with van der Waals surface area (Å²) in [6.07, 6.45) is 8.69. The first-order valence-electron chi connectivity index (χ1n) is 7.11. The van der Waals surface area contributed by atoms with Crippen molar-refractivity contribution in [2.24, 2.45) is 5.92 Å². The molecule has 0 bridgehead atoms. The van der Waals surface area contributed by atoms with Gasteiger partial charge in [-0.3, -0.25) is 0 Å². The zero-order valence-electron chi connectivity index (χ0n) is 11.2. The Morgan fingerprint density at radius 2 is 2.00 bits per heavy atom. The molecule has 0 aromatic heterocycles. The fraction of sp³-hybridized carbons (Fsp3) is 0.625. The monoisotopic (exact) mass is 310 g/mol. The topological polar surface area (TPSA) is 20.2 Å². The summed E-state index contributed by atoms with van der Waals surface area (Å²) in [6.45, 7) is 2.08. The molecule has 0 amide bonds. The minimum atomic E-state index is -0.301. The molecule has 1 N–H and O–H groups in total. The molecule has 2 heteroatoms. The summed E-state index contributed by atoms with van der Waals surface area (Å²) in [7, 11) is 0. The van der Waals surface area contributed by atoms with Crippen molar-refractivity contribution in [3.8, 4) is 0 Å². The predicted molar refractivity (Wildman–Crippen MR) is 79.6 cm³/mol. The molecule has 1 atom stereocenters. The van der Waals surface area contributed by atoms with Crippen molar-refractivity contribution in [2.75, 3.05) is 0 Å². The molecule has 1 saturated carbocycles. The van der Waals surface area contributed by atoms with Gasteiger partial charge in [0.2, 0.25) is 0 Å². The molecule has 0 aliphatic heterocycles. The summed E-state index contributed by atoms with van der Waals surface area (Å²) in [6, 6.07) is 6.16. The van der Waals surface area contributed by atoms with Gasteiger partial charge in [0.25, 0.3) is 0 Å². The molecule has 1 aliphatic rings. The molecule has 0 spiro atoms. The maximum Gasteiger partial charge on any atom is 0.0793 e. The van der Waals surface area contributed by atoms with Gasteiger partial charge in [-0.05, 0) is 48.9 Å². The number of aliphatic hydroxyl groups excluding tert-OH is 1. The van der Waals surface area contributed by atoms with Gasteiger partial charge < -0.3 is 5.11 Å². The highest BCUT2D eigenvalue weighted by Gasteiger charge is 2.17. The average molecular weight is 311 g/mol. The second-order valence-electron chi connectivity index (χ2n) is 5.60. The predicted octanol–water partition coefficient (Wildman–Crippen LogP) is 5.15. The molecule has 18 heavy (non-hydrogen) atoms. The zero-order chi connectivity index (χ0) is 13.0. The van der Waals surface area contributed by atoms with Gasteiger partial charge in [-0.2, -0.15) is 0 Å². The third-order valence-electron chi connectivity index (χ3n) is 4.17. The molecule has 1 aromatic rings. The molecule has 1 fully saturated rings. The van der Waals surface area contributed by atoms with Crippen LogP contribution in [-0.2, 0) is 0 Å². The second kappa shape index (κ2) is 6.72. The van der Waals surface area contributed by atoms with Crippen LogP contribution in [0.3, 0.4) is 0 Å². The van der Waals surface area contributed by atoms with E-state index in [1.165, 1.54) is 44.1 Å². The molecule has 0 radical (unpaired) electrons. The molecule has 0 saturated heterocycles. The van der Waals surface area contributed by atoms with Crippen molar-refractivity contribution in [1.29, 1.82) is 0 Å². The summed E-state index contributed by atoms with van der Waals surface area (Å²) in [5.74, 6) is 0.848. The van der Waals surface area contributed by atoms with Crippen LogP contribution in [0.2, 0.25) is 0 Å². The highest BCUT2D eigenvalue weighted by atomic mass is 79.9. The highest BCUT2D eigenvalue weighted by Crippen LogP contribution is 2.31. The van der Waals surface area contributed by atoms with Crippen LogP contribution in [0.1, 0.15) is 62.2 Å². The second-order valence-corrected chi connectivity index (χ2v) is 6.51. The Kier molecular flexibility index (Phi) is 5.25. The lowest BCUT2D eigenvalue weighted by atomic mass is 9.84. The van der Waals surface area contributed by atoms with E-state index in [1.54, 1.807) is 0 Å². The van der Waals surface area contributed by atoms with Crippen molar-refractivity contribution in [1.82, 2.24) is 0 Å². The van der Waals surface area contributed by atoms with Gasteiger partial charge in [-0.1, -0.05) is 54.1 Å². The number of rotatable bonds is 4. The average Bonchev–Trinajstić information content (AvgIpc) is 2.40. The number of aliphatic hydroxyl groups is 1. The van der Waals surface area contributed by atoms with Gasteiger partial charge in [0.15, 0.2) is 0 Å². The number of benzene rings is 1. The lowest BCUT2D eigenvalue weighted by Gasteiger charge is -2.23. The minimum Gasteiger partial charge on any atom is -0.388 e. The molecule has 0 heterocycles. The van der Waals surface area contributed by atoms with E-state index in [0.29, 0.717) is 0 Å². The quantitative estimate of drug-likeness (QED) is 0.815. The van der Waals surface area contributed by atoms with E-state index >= 15 is 0 Å². The normalized spacial score (nSPS) is 18.8. The van der Waals surface area contributed by atoms with Gasteiger partial charge in [-0.25, -0.2) is 0 Å². The molecular weight excluding hydrogens is 288 g/mol. The number of aryl methyl sites for hydroxylation is 1. The van der Waals surface area contributed by atoms with Gasteiger partial charge in [0, 0.05) is 4.47 Å². The molecule has 1 aliphatic carbocycles. The standard InChI is InChI=1S/C16H23BrO/c1-12-7-9-14(17)11-15(12)16(18)10-8-13-5-3-2-4-6-13/h7,9,11,13,16,18H,2-6,8,10H2,1H3. The van der Waals surface area contributed by atoms with Crippen molar-refractivity contribution < 1.29 is 5.11 Å². The van der Waals surface area contributed by atoms with Gasteiger partial charge in [0.05, 0.1) is 6.10 Å².